The molecule has 0 unspecified atom stereocenters. The van der Waals surface area contributed by atoms with Crippen LogP contribution in [0.4, 0.5) is 14.5 Å². The van der Waals surface area contributed by atoms with Gasteiger partial charge >= 0.3 is 0 Å². The van der Waals surface area contributed by atoms with Gasteiger partial charge in [-0.25, -0.2) is 13.5 Å². The lowest BCUT2D eigenvalue weighted by atomic mass is 10.2. The third kappa shape index (κ3) is 2.42. The van der Waals surface area contributed by atoms with Gasteiger partial charge in [-0.3, -0.25) is 4.79 Å². The number of halogens is 2. The molecule has 9 heteroatoms. The molecule has 1 aliphatic heterocycles. The maximum Gasteiger partial charge on any atom is 0.240 e. The number of anilines is 1. The quantitative estimate of drug-likeness (QED) is 0.825. The molecule has 0 atom stereocenters. The molecule has 0 saturated carbocycles. The van der Waals surface area contributed by atoms with Crippen molar-refractivity contribution >= 4 is 11.6 Å². The summed E-state index contributed by atoms with van der Waals surface area (Å²) in [6, 6.07) is 2.27. The van der Waals surface area contributed by atoms with Crippen molar-refractivity contribution in [3.05, 3.63) is 35.7 Å². The van der Waals surface area contributed by atoms with Crippen LogP contribution >= 0.6 is 0 Å². The minimum atomic E-state index is -0.772. The first-order valence-corrected chi connectivity index (χ1v) is 6.21. The Hall–Kier alpha value is -2.55. The Kier molecular flexibility index (Phi) is 3.26. The van der Waals surface area contributed by atoms with E-state index in [-0.39, 0.29) is 37.0 Å². The smallest absolute Gasteiger partial charge is 0.240 e. The average Bonchev–Trinajstić information content (AvgIpc) is 3.07. The van der Waals surface area contributed by atoms with Crippen molar-refractivity contribution in [3.8, 4) is 5.69 Å². The van der Waals surface area contributed by atoms with Gasteiger partial charge in [0.1, 0.15) is 5.69 Å². The fraction of sp³-hybridized carbons (Fsp3) is 0.250. The Bertz CT molecular complexity index is 678. The Morgan fingerprint density at radius 1 is 1.33 bits per heavy atom. The average molecular weight is 294 g/mol. The monoisotopic (exact) mass is 294 g/mol. The summed E-state index contributed by atoms with van der Waals surface area (Å²) in [4.78, 5) is 12.4. The Morgan fingerprint density at radius 2 is 2.05 bits per heavy atom. The zero-order valence-electron chi connectivity index (χ0n) is 10.9. The summed E-state index contributed by atoms with van der Waals surface area (Å²) < 4.78 is 29.6. The molecule has 1 fully saturated rings. The highest BCUT2D eigenvalue weighted by Crippen LogP contribution is 2.27. The highest BCUT2D eigenvalue weighted by molar-refractivity contribution is 5.84. The maximum atomic E-state index is 14.2. The van der Waals surface area contributed by atoms with E-state index in [1.807, 2.05) is 0 Å². The van der Waals surface area contributed by atoms with E-state index in [2.05, 4.69) is 15.6 Å². The molecule has 0 spiro atoms. The van der Waals surface area contributed by atoms with Crippen molar-refractivity contribution in [3.63, 3.8) is 0 Å². The van der Waals surface area contributed by atoms with E-state index in [4.69, 9.17) is 5.73 Å². The standard InChI is InChI=1S/C12H12F2N6O/c13-9-1-8(20-4-7(3-15)17-18-20)2-10(14)12(9)19-5-11(21)16-6-19/h1-2,4H,3,5-6,15H2,(H,16,21). The fourth-order valence-corrected chi connectivity index (χ4v) is 2.13. The van der Waals surface area contributed by atoms with Gasteiger partial charge in [0.2, 0.25) is 5.91 Å². The molecule has 7 nitrogen and oxygen atoms in total. The normalized spacial score (nSPS) is 14.6. The van der Waals surface area contributed by atoms with Crippen molar-refractivity contribution in [1.29, 1.82) is 0 Å². The summed E-state index contributed by atoms with van der Waals surface area (Å²) >= 11 is 0. The molecule has 1 amide bonds. The molecule has 1 aromatic heterocycles. The molecule has 1 aromatic carbocycles. The topological polar surface area (TPSA) is 89.1 Å². The summed E-state index contributed by atoms with van der Waals surface area (Å²) in [5, 5.41) is 10.0. The van der Waals surface area contributed by atoms with E-state index in [1.54, 1.807) is 0 Å². The molecule has 2 heterocycles. The van der Waals surface area contributed by atoms with Crippen LogP contribution in [0.25, 0.3) is 5.69 Å². The van der Waals surface area contributed by atoms with Crippen molar-refractivity contribution in [2.45, 2.75) is 6.54 Å². The lowest BCUT2D eigenvalue weighted by Crippen LogP contribution is -2.23. The van der Waals surface area contributed by atoms with Crippen molar-refractivity contribution < 1.29 is 13.6 Å². The zero-order valence-corrected chi connectivity index (χ0v) is 10.9. The number of nitrogens with zero attached hydrogens (tertiary/aromatic N) is 4. The Labute approximate surface area is 118 Å². The van der Waals surface area contributed by atoms with Crippen molar-refractivity contribution in [1.82, 2.24) is 20.3 Å². The number of rotatable bonds is 3. The van der Waals surface area contributed by atoms with Gasteiger partial charge in [0.25, 0.3) is 0 Å². The number of benzene rings is 1. The second-order valence-corrected chi connectivity index (χ2v) is 4.57. The molecule has 3 rings (SSSR count). The number of nitrogens with one attached hydrogen (secondary N) is 1. The third-order valence-electron chi connectivity index (χ3n) is 3.13. The van der Waals surface area contributed by atoms with Crippen molar-refractivity contribution in [2.24, 2.45) is 5.73 Å². The summed E-state index contributed by atoms with van der Waals surface area (Å²) in [7, 11) is 0. The highest BCUT2D eigenvalue weighted by Gasteiger charge is 2.25. The van der Waals surface area contributed by atoms with E-state index in [9.17, 15) is 13.6 Å². The molecule has 0 bridgehead atoms. The molecule has 0 aliphatic carbocycles. The predicted octanol–water partition coefficient (Wildman–Crippen LogP) is -0.102. The fourth-order valence-electron chi connectivity index (χ4n) is 2.13. The SMILES string of the molecule is NCc1cn(-c2cc(F)c(N3CNC(=O)C3)c(F)c2)nn1. The van der Waals surface area contributed by atoms with Crippen molar-refractivity contribution in [2.75, 3.05) is 18.1 Å². The molecule has 0 radical (unpaired) electrons. The number of carbonyl (C=O) groups excluding carboxylic acids is 1. The van der Waals surface area contributed by atoms with Crippen LogP contribution in [0.1, 0.15) is 5.69 Å². The van der Waals surface area contributed by atoms with Gasteiger partial charge in [-0.1, -0.05) is 5.21 Å². The molecule has 21 heavy (non-hydrogen) atoms. The largest absolute Gasteiger partial charge is 0.340 e. The van der Waals surface area contributed by atoms with Crippen LogP contribution in [0.3, 0.4) is 0 Å². The maximum absolute atomic E-state index is 14.2. The van der Waals surface area contributed by atoms with E-state index < -0.39 is 11.6 Å². The Morgan fingerprint density at radius 3 is 2.57 bits per heavy atom. The number of amides is 1. The van der Waals surface area contributed by atoms with Gasteiger partial charge in [-0.2, -0.15) is 0 Å². The summed E-state index contributed by atoms with van der Waals surface area (Å²) in [6.45, 7) is 0.186. The number of aromatic nitrogens is 3. The van der Waals surface area contributed by atoms with Crippen LogP contribution in [0, 0.1) is 11.6 Å². The number of hydrogen-bond donors (Lipinski definition) is 2. The second kappa shape index (κ2) is 5.09. The van der Waals surface area contributed by atoms with E-state index in [1.165, 1.54) is 15.8 Å². The van der Waals surface area contributed by atoms with Crippen LogP contribution in [0.2, 0.25) is 0 Å². The third-order valence-corrected chi connectivity index (χ3v) is 3.13. The van der Waals surface area contributed by atoms with Crippen LogP contribution in [0.5, 0.6) is 0 Å². The molecule has 2 aromatic rings. The van der Waals surface area contributed by atoms with Gasteiger partial charge < -0.3 is 16.0 Å². The zero-order chi connectivity index (χ0) is 15.0. The first-order chi connectivity index (χ1) is 10.1. The van der Waals surface area contributed by atoms with Gasteiger partial charge in [-0.05, 0) is 0 Å². The van der Waals surface area contributed by atoms with E-state index in [0.29, 0.717) is 5.69 Å². The molecule has 1 saturated heterocycles. The van der Waals surface area contributed by atoms with Gasteiger partial charge in [-0.15, -0.1) is 5.10 Å². The predicted molar refractivity (Wildman–Crippen MR) is 69.5 cm³/mol. The van der Waals surface area contributed by atoms with Gasteiger partial charge in [0.15, 0.2) is 11.6 Å². The molecule has 110 valence electrons. The number of nitrogens with two attached hydrogens (primary N) is 1. The minimum Gasteiger partial charge on any atom is -0.340 e. The first kappa shape index (κ1) is 13.4. The lowest BCUT2D eigenvalue weighted by Gasteiger charge is -2.17. The highest BCUT2D eigenvalue weighted by atomic mass is 19.1. The van der Waals surface area contributed by atoms with Crippen LogP contribution in [0.15, 0.2) is 18.3 Å². The van der Waals surface area contributed by atoms with E-state index in [0.717, 1.165) is 12.1 Å². The summed E-state index contributed by atoms with van der Waals surface area (Å²) in [5.74, 6) is -1.82. The van der Waals surface area contributed by atoms with Crippen LogP contribution in [-0.2, 0) is 11.3 Å². The minimum absolute atomic E-state index is 0.0756. The van der Waals surface area contributed by atoms with Gasteiger partial charge in [0, 0.05) is 18.7 Å². The first-order valence-electron chi connectivity index (χ1n) is 6.21. The molecule has 1 aliphatic rings. The van der Waals surface area contributed by atoms with Crippen LogP contribution < -0.4 is 16.0 Å². The molecular weight excluding hydrogens is 282 g/mol. The number of carbonyl (C=O) groups is 1. The second-order valence-electron chi connectivity index (χ2n) is 4.57. The Balaban J connectivity index is 1.97. The summed E-state index contributed by atoms with van der Waals surface area (Å²) in [5.41, 5.74) is 5.87. The molecular formula is C12H12F2N6O. The molecule has 3 N–H and O–H groups in total. The number of hydrogen-bond acceptors (Lipinski definition) is 5. The lowest BCUT2D eigenvalue weighted by molar-refractivity contribution is -0.118. The van der Waals surface area contributed by atoms with E-state index >= 15 is 0 Å². The van der Waals surface area contributed by atoms with Gasteiger partial charge in [0.05, 0.1) is 30.8 Å². The summed E-state index contributed by atoms with van der Waals surface area (Å²) in [6.07, 6.45) is 1.49. The van der Waals surface area contributed by atoms with Crippen LogP contribution in [-0.4, -0.2) is 34.1 Å².